The molecule has 0 spiro atoms. The Balaban J connectivity index is 0.00000196. The molecule has 0 bridgehead atoms. The number of amides is 1. The van der Waals surface area contributed by atoms with Crippen molar-refractivity contribution in [3.8, 4) is 0 Å². The highest BCUT2D eigenvalue weighted by atomic mass is 35.5. The van der Waals surface area contributed by atoms with Crippen LogP contribution < -0.4 is 5.32 Å². The minimum atomic E-state index is -0.443. The van der Waals surface area contributed by atoms with Crippen molar-refractivity contribution in [1.29, 1.82) is 0 Å². The summed E-state index contributed by atoms with van der Waals surface area (Å²) in [6, 6.07) is 2.01. The zero-order valence-corrected chi connectivity index (χ0v) is 15.7. The molecule has 144 valence electrons. The van der Waals surface area contributed by atoms with E-state index < -0.39 is 5.97 Å². The second-order valence-electron chi connectivity index (χ2n) is 6.98. The number of hydrogen-bond donors (Lipinski definition) is 1. The summed E-state index contributed by atoms with van der Waals surface area (Å²) in [6.07, 6.45) is 2.91. The minimum Gasteiger partial charge on any atom is -0.464 e. The molecule has 8 nitrogen and oxygen atoms in total. The average Bonchev–Trinajstić information content (AvgIpc) is 3.09. The largest absolute Gasteiger partial charge is 0.464 e. The van der Waals surface area contributed by atoms with Gasteiger partial charge in [0.2, 0.25) is 5.91 Å². The number of methoxy groups -OCH3 is 1. The van der Waals surface area contributed by atoms with Gasteiger partial charge in [-0.3, -0.25) is 9.48 Å². The highest BCUT2D eigenvalue weighted by Gasteiger charge is 2.38. The van der Waals surface area contributed by atoms with E-state index in [-0.39, 0.29) is 36.4 Å². The number of morpholine rings is 1. The lowest BCUT2D eigenvalue weighted by molar-refractivity contribution is -0.140. The van der Waals surface area contributed by atoms with Crippen molar-refractivity contribution in [2.24, 2.45) is 5.92 Å². The highest BCUT2D eigenvalue weighted by Crippen LogP contribution is 2.30. The predicted molar refractivity (Wildman–Crippen MR) is 95.1 cm³/mol. The fraction of sp³-hybridized carbons (Fsp3) is 0.706. The van der Waals surface area contributed by atoms with Crippen molar-refractivity contribution in [1.82, 2.24) is 20.0 Å². The van der Waals surface area contributed by atoms with Crippen molar-refractivity contribution >= 4 is 24.3 Å². The van der Waals surface area contributed by atoms with Crippen LogP contribution >= 0.6 is 12.4 Å². The summed E-state index contributed by atoms with van der Waals surface area (Å²) < 4.78 is 12.3. The molecule has 9 heteroatoms. The number of hydrogen-bond acceptors (Lipinski definition) is 6. The monoisotopic (exact) mass is 384 g/mol. The van der Waals surface area contributed by atoms with Crippen LogP contribution in [-0.2, 0) is 27.4 Å². The summed E-state index contributed by atoms with van der Waals surface area (Å²) in [4.78, 5) is 26.5. The molecule has 0 radical (unpaired) electrons. The van der Waals surface area contributed by atoms with Gasteiger partial charge < -0.3 is 19.7 Å². The maximum atomic E-state index is 13.0. The Kier molecular flexibility index (Phi) is 5.84. The number of fused-ring (bicyclic) bond motifs is 2. The predicted octanol–water partition coefficient (Wildman–Crippen LogP) is 0.591. The van der Waals surface area contributed by atoms with Crippen molar-refractivity contribution in [3.63, 3.8) is 0 Å². The molecule has 0 aromatic carbocycles. The molecule has 1 saturated carbocycles. The van der Waals surface area contributed by atoms with E-state index in [1.807, 2.05) is 4.90 Å². The zero-order chi connectivity index (χ0) is 17.4. The summed E-state index contributed by atoms with van der Waals surface area (Å²) in [6.45, 7) is 3.36. The first-order valence-corrected chi connectivity index (χ1v) is 8.94. The second-order valence-corrected chi connectivity index (χ2v) is 6.98. The van der Waals surface area contributed by atoms with Gasteiger partial charge in [-0.05, 0) is 25.3 Å². The molecule has 1 saturated heterocycles. The van der Waals surface area contributed by atoms with Crippen LogP contribution in [-0.4, -0.2) is 65.5 Å². The topological polar surface area (TPSA) is 85.7 Å². The van der Waals surface area contributed by atoms with Gasteiger partial charge in [-0.2, -0.15) is 5.10 Å². The van der Waals surface area contributed by atoms with E-state index >= 15 is 0 Å². The van der Waals surface area contributed by atoms with E-state index in [1.54, 1.807) is 10.7 Å². The summed E-state index contributed by atoms with van der Waals surface area (Å²) in [7, 11) is 1.34. The van der Waals surface area contributed by atoms with Gasteiger partial charge in [0, 0.05) is 25.0 Å². The normalized spacial score (nSPS) is 27.7. The Bertz CT molecular complexity index is 680. The number of carbonyl (C=O) groups excluding carboxylic acids is 2. The van der Waals surface area contributed by atoms with Gasteiger partial charge in [-0.25, -0.2) is 4.79 Å². The quantitative estimate of drug-likeness (QED) is 0.751. The lowest BCUT2D eigenvalue weighted by Gasteiger charge is -2.41. The Hall–Kier alpha value is -1.64. The maximum absolute atomic E-state index is 13.0. The summed E-state index contributed by atoms with van der Waals surface area (Å²) in [5, 5.41) is 7.74. The molecular formula is C17H25ClN4O4. The summed E-state index contributed by atoms with van der Waals surface area (Å²) in [5.41, 5.74) is 1.18. The standard InChI is InChI=1S/C17H24N4O4.ClH/c1-24-17(23)14-9-12-10-20(5-6-21(12)19-14)16(22)11-2-3-15-13(8-11)18-4-7-25-15;/h9,11,13,15,18H,2-8,10H2,1H3;1H/t11-,13+,15+;/m0./s1. The lowest BCUT2D eigenvalue weighted by atomic mass is 9.82. The summed E-state index contributed by atoms with van der Waals surface area (Å²) in [5.74, 6) is -0.190. The summed E-state index contributed by atoms with van der Waals surface area (Å²) >= 11 is 0. The van der Waals surface area contributed by atoms with E-state index in [9.17, 15) is 9.59 Å². The molecule has 3 aliphatic rings. The van der Waals surface area contributed by atoms with Crippen LogP contribution in [0.3, 0.4) is 0 Å². The molecule has 2 aliphatic heterocycles. The van der Waals surface area contributed by atoms with Gasteiger partial charge >= 0.3 is 5.97 Å². The molecule has 3 heterocycles. The first-order valence-electron chi connectivity index (χ1n) is 8.94. The van der Waals surface area contributed by atoms with Gasteiger partial charge in [0.15, 0.2) is 5.69 Å². The van der Waals surface area contributed by atoms with Gasteiger partial charge in [0.25, 0.3) is 0 Å². The fourth-order valence-corrected chi connectivity index (χ4v) is 4.15. The van der Waals surface area contributed by atoms with Crippen LogP contribution in [0.5, 0.6) is 0 Å². The number of carbonyl (C=O) groups is 2. The van der Waals surface area contributed by atoms with Crippen molar-refractivity contribution < 1.29 is 19.1 Å². The van der Waals surface area contributed by atoms with E-state index in [0.29, 0.717) is 25.3 Å². The van der Waals surface area contributed by atoms with Crippen LogP contribution in [0.4, 0.5) is 0 Å². The van der Waals surface area contributed by atoms with Gasteiger partial charge in [-0.15, -0.1) is 12.4 Å². The Morgan fingerprint density at radius 2 is 2.19 bits per heavy atom. The van der Waals surface area contributed by atoms with Crippen LogP contribution in [0.2, 0.25) is 0 Å². The number of esters is 1. The number of aromatic nitrogens is 2. The van der Waals surface area contributed by atoms with Crippen molar-refractivity contribution in [2.75, 3.05) is 26.8 Å². The van der Waals surface area contributed by atoms with Crippen LogP contribution in [0.1, 0.15) is 35.4 Å². The minimum absolute atomic E-state index is 0. The molecule has 3 atom stereocenters. The second kappa shape index (κ2) is 7.94. The number of rotatable bonds is 2. The highest BCUT2D eigenvalue weighted by molar-refractivity contribution is 5.87. The first-order chi connectivity index (χ1) is 12.2. The third-order valence-electron chi connectivity index (χ3n) is 5.48. The number of nitrogens with one attached hydrogen (secondary N) is 1. The SMILES string of the molecule is COC(=O)c1cc2n(n1)CCN(C(=O)[C@H]1CC[C@H]3OCCN[C@@H]3C1)C2.Cl. The maximum Gasteiger partial charge on any atom is 0.358 e. The molecule has 0 unspecified atom stereocenters. The van der Waals surface area contributed by atoms with Crippen LogP contribution in [0, 0.1) is 5.92 Å². The molecule has 1 aliphatic carbocycles. The molecule has 26 heavy (non-hydrogen) atoms. The van der Waals surface area contributed by atoms with Gasteiger partial charge in [-0.1, -0.05) is 0 Å². The molecular weight excluding hydrogens is 360 g/mol. The molecule has 4 rings (SSSR count). The zero-order valence-electron chi connectivity index (χ0n) is 14.8. The third-order valence-corrected chi connectivity index (χ3v) is 5.48. The van der Waals surface area contributed by atoms with E-state index in [2.05, 4.69) is 10.4 Å². The first kappa shape index (κ1) is 19.1. The fourth-order valence-electron chi connectivity index (χ4n) is 4.15. The third kappa shape index (κ3) is 3.58. The van der Waals surface area contributed by atoms with Gasteiger partial charge in [0.05, 0.1) is 38.6 Å². The number of nitrogens with zero attached hydrogens (tertiary/aromatic N) is 3. The average molecular weight is 385 g/mol. The molecule has 1 aromatic heterocycles. The Morgan fingerprint density at radius 3 is 3.00 bits per heavy atom. The van der Waals surface area contributed by atoms with E-state index in [1.165, 1.54) is 7.11 Å². The number of halogens is 1. The van der Waals surface area contributed by atoms with Gasteiger partial charge in [0.1, 0.15) is 0 Å². The molecule has 1 aromatic rings. The smallest absolute Gasteiger partial charge is 0.358 e. The van der Waals surface area contributed by atoms with Crippen LogP contribution in [0.25, 0.3) is 0 Å². The number of ether oxygens (including phenoxy) is 2. The van der Waals surface area contributed by atoms with E-state index in [4.69, 9.17) is 9.47 Å². The molecule has 1 N–H and O–H groups in total. The Labute approximate surface area is 158 Å². The van der Waals surface area contributed by atoms with Crippen LogP contribution in [0.15, 0.2) is 6.07 Å². The molecule has 2 fully saturated rings. The Morgan fingerprint density at radius 1 is 1.35 bits per heavy atom. The van der Waals surface area contributed by atoms with Crippen molar-refractivity contribution in [2.45, 2.75) is 44.5 Å². The molecule has 1 amide bonds. The van der Waals surface area contributed by atoms with Crippen molar-refractivity contribution in [3.05, 3.63) is 17.5 Å². The van der Waals surface area contributed by atoms with E-state index in [0.717, 1.165) is 38.1 Å². The lowest BCUT2D eigenvalue weighted by Crippen LogP contribution is -2.53.